The van der Waals surface area contributed by atoms with Gasteiger partial charge in [-0.25, -0.2) is 14.5 Å². The Bertz CT molecular complexity index is 1340. The van der Waals surface area contributed by atoms with Crippen molar-refractivity contribution in [3.8, 4) is 11.1 Å². The molecule has 1 aromatic carbocycles. The lowest BCUT2D eigenvalue weighted by atomic mass is 9.93. The zero-order valence-corrected chi connectivity index (χ0v) is 19.1. The second-order valence-electron chi connectivity index (χ2n) is 9.56. The average molecular weight is 446 g/mol. The molecule has 4 N–H and O–H groups in total. The summed E-state index contributed by atoms with van der Waals surface area (Å²) in [5.74, 6) is 2.03. The Morgan fingerprint density at radius 1 is 1.15 bits per heavy atom. The van der Waals surface area contributed by atoms with E-state index in [-0.39, 0.29) is 5.41 Å². The zero-order chi connectivity index (χ0) is 23.3. The van der Waals surface area contributed by atoms with E-state index in [9.17, 15) is 4.79 Å². The van der Waals surface area contributed by atoms with Crippen LogP contribution in [0.5, 0.6) is 0 Å². The minimum atomic E-state index is -0.393. The first kappa shape index (κ1) is 21.0. The Morgan fingerprint density at radius 2 is 1.88 bits per heavy atom. The molecule has 0 atom stereocenters. The first-order valence-electron chi connectivity index (χ1n) is 11.0. The number of hydrogen-bond donors (Lipinski definition) is 3. The Hall–Kier alpha value is -3.88. The highest BCUT2D eigenvalue weighted by Gasteiger charge is 2.27. The molecule has 1 aliphatic rings. The number of hydrogen-bond acceptors (Lipinski definition) is 6. The maximum Gasteiger partial charge on any atom is 0.324 e. The van der Waals surface area contributed by atoms with E-state index in [4.69, 9.17) is 15.2 Å². The van der Waals surface area contributed by atoms with Gasteiger partial charge in [-0.15, -0.1) is 0 Å². The third kappa shape index (κ3) is 4.13. The largest absolute Gasteiger partial charge is 0.382 e. The first-order chi connectivity index (χ1) is 15.7. The fourth-order valence-corrected chi connectivity index (χ4v) is 3.81. The van der Waals surface area contributed by atoms with E-state index in [0.29, 0.717) is 29.0 Å². The van der Waals surface area contributed by atoms with Gasteiger partial charge in [0, 0.05) is 35.8 Å². The number of nitrogens with one attached hydrogen (secondary N) is 2. The fourth-order valence-electron chi connectivity index (χ4n) is 3.81. The molecule has 33 heavy (non-hydrogen) atoms. The number of carbonyl (C=O) groups excluding carboxylic acids is 1. The summed E-state index contributed by atoms with van der Waals surface area (Å²) in [5, 5.41) is 14.6. The molecule has 0 aliphatic heterocycles. The van der Waals surface area contributed by atoms with Gasteiger partial charge in [0.15, 0.2) is 17.3 Å². The molecule has 3 aromatic heterocycles. The van der Waals surface area contributed by atoms with Crippen LogP contribution in [0.4, 0.5) is 22.1 Å². The number of pyridine rings is 1. The van der Waals surface area contributed by atoms with Crippen molar-refractivity contribution in [2.24, 2.45) is 7.05 Å². The SMILES string of the molecule is Cn1nc(N)c2c(-c3ccc(NC(=O)Nc4cc(C(C)(C)C)on4)cc3)cc(C3CC3)nc21. The maximum atomic E-state index is 12.4. The normalized spacial score (nSPS) is 13.9. The first-order valence-corrected chi connectivity index (χ1v) is 11.0. The van der Waals surface area contributed by atoms with Crippen LogP contribution in [0.3, 0.4) is 0 Å². The lowest BCUT2D eigenvalue weighted by Crippen LogP contribution is -2.19. The van der Waals surface area contributed by atoms with Gasteiger partial charge in [0.05, 0.1) is 5.39 Å². The van der Waals surface area contributed by atoms with Crippen LogP contribution < -0.4 is 16.4 Å². The summed E-state index contributed by atoms with van der Waals surface area (Å²) < 4.78 is 7.04. The monoisotopic (exact) mass is 445 g/mol. The average Bonchev–Trinajstić information content (AvgIpc) is 3.43. The molecular formula is C24H27N7O2. The molecule has 1 aliphatic carbocycles. The number of nitrogen functional groups attached to an aromatic ring is 1. The van der Waals surface area contributed by atoms with Crippen molar-refractivity contribution in [1.82, 2.24) is 19.9 Å². The van der Waals surface area contributed by atoms with Crippen LogP contribution in [-0.4, -0.2) is 26.0 Å². The van der Waals surface area contributed by atoms with Crippen molar-refractivity contribution in [1.29, 1.82) is 0 Å². The smallest absolute Gasteiger partial charge is 0.324 e. The number of nitrogens with two attached hydrogens (primary N) is 1. The molecule has 0 saturated heterocycles. The van der Waals surface area contributed by atoms with E-state index in [1.165, 1.54) is 0 Å². The topological polar surface area (TPSA) is 124 Å². The molecule has 0 spiro atoms. The summed E-state index contributed by atoms with van der Waals surface area (Å²) in [6.45, 7) is 6.05. The van der Waals surface area contributed by atoms with E-state index in [1.54, 1.807) is 10.7 Å². The summed E-state index contributed by atoms with van der Waals surface area (Å²) in [6, 6.07) is 11.1. The highest BCUT2D eigenvalue weighted by atomic mass is 16.5. The third-order valence-corrected chi connectivity index (χ3v) is 5.78. The Balaban J connectivity index is 1.36. The summed E-state index contributed by atoms with van der Waals surface area (Å²) >= 11 is 0. The molecule has 3 heterocycles. The van der Waals surface area contributed by atoms with Crippen LogP contribution in [0.25, 0.3) is 22.2 Å². The highest BCUT2D eigenvalue weighted by Crippen LogP contribution is 2.42. The third-order valence-electron chi connectivity index (χ3n) is 5.78. The summed E-state index contributed by atoms with van der Waals surface area (Å²) in [6.07, 6.45) is 2.32. The van der Waals surface area contributed by atoms with Gasteiger partial charge in [-0.2, -0.15) is 5.10 Å². The highest BCUT2D eigenvalue weighted by molar-refractivity contribution is 6.01. The van der Waals surface area contributed by atoms with Gasteiger partial charge in [-0.3, -0.25) is 5.32 Å². The van der Waals surface area contributed by atoms with Crippen molar-refractivity contribution in [2.45, 2.75) is 44.9 Å². The zero-order valence-electron chi connectivity index (χ0n) is 19.1. The van der Waals surface area contributed by atoms with E-state index >= 15 is 0 Å². The molecular weight excluding hydrogens is 418 g/mol. The van der Waals surface area contributed by atoms with Crippen LogP contribution in [-0.2, 0) is 12.5 Å². The Morgan fingerprint density at radius 3 is 2.52 bits per heavy atom. The number of rotatable bonds is 4. The quantitative estimate of drug-likeness (QED) is 0.405. The number of amides is 2. The molecule has 5 rings (SSSR count). The van der Waals surface area contributed by atoms with Gasteiger partial charge < -0.3 is 15.6 Å². The second-order valence-corrected chi connectivity index (χ2v) is 9.56. The number of carbonyl (C=O) groups is 1. The molecule has 1 saturated carbocycles. The van der Waals surface area contributed by atoms with Crippen molar-refractivity contribution < 1.29 is 9.32 Å². The predicted octanol–water partition coefficient (Wildman–Crippen LogP) is 5.02. The van der Waals surface area contributed by atoms with Crippen LogP contribution >= 0.6 is 0 Å². The lowest BCUT2D eigenvalue weighted by Gasteiger charge is -2.12. The lowest BCUT2D eigenvalue weighted by molar-refractivity contribution is 0.262. The molecule has 2 amide bonds. The molecule has 9 nitrogen and oxygen atoms in total. The number of nitrogens with zero attached hydrogens (tertiary/aromatic N) is 4. The van der Waals surface area contributed by atoms with Gasteiger partial charge in [0.2, 0.25) is 0 Å². The van der Waals surface area contributed by atoms with Crippen molar-refractivity contribution in [3.05, 3.63) is 47.9 Å². The van der Waals surface area contributed by atoms with E-state index in [0.717, 1.165) is 40.7 Å². The summed E-state index contributed by atoms with van der Waals surface area (Å²) in [4.78, 5) is 17.2. The van der Waals surface area contributed by atoms with Crippen molar-refractivity contribution in [3.63, 3.8) is 0 Å². The van der Waals surface area contributed by atoms with E-state index in [1.807, 2.05) is 52.1 Å². The molecule has 9 heteroatoms. The van der Waals surface area contributed by atoms with Gasteiger partial charge >= 0.3 is 6.03 Å². The Labute approximate surface area is 191 Å². The fraction of sp³-hybridized carbons (Fsp3) is 0.333. The molecule has 4 aromatic rings. The molecule has 0 radical (unpaired) electrons. The van der Waals surface area contributed by atoms with E-state index in [2.05, 4.69) is 27.0 Å². The number of aryl methyl sites for hydroxylation is 1. The molecule has 1 fully saturated rings. The minimum Gasteiger partial charge on any atom is -0.382 e. The maximum absolute atomic E-state index is 12.4. The molecule has 0 unspecified atom stereocenters. The van der Waals surface area contributed by atoms with Gasteiger partial charge in [-0.05, 0) is 42.2 Å². The van der Waals surface area contributed by atoms with Crippen LogP contribution in [0.1, 0.15) is 51.0 Å². The summed E-state index contributed by atoms with van der Waals surface area (Å²) in [5.41, 5.74) is 10.5. The van der Waals surface area contributed by atoms with Crippen LogP contribution in [0, 0.1) is 0 Å². The predicted molar refractivity (Wildman–Crippen MR) is 128 cm³/mol. The summed E-state index contributed by atoms with van der Waals surface area (Å²) in [7, 11) is 1.86. The number of urea groups is 1. The molecule has 170 valence electrons. The van der Waals surface area contributed by atoms with Crippen molar-refractivity contribution in [2.75, 3.05) is 16.4 Å². The number of anilines is 3. The second kappa shape index (κ2) is 7.61. The standard InChI is InChI=1S/C24H27N7O2/c1-24(2,3)18-12-19(30-33-18)28-23(32)26-15-9-7-13(8-10-15)16-11-17(14-5-6-14)27-22-20(16)21(25)29-31(22)4/h7-12,14H,5-6H2,1-4H3,(H2,25,29)(H2,26,28,30,32). The van der Waals surface area contributed by atoms with Gasteiger partial charge in [0.1, 0.15) is 5.76 Å². The minimum absolute atomic E-state index is 0.186. The van der Waals surface area contributed by atoms with Gasteiger partial charge in [-0.1, -0.05) is 38.1 Å². The van der Waals surface area contributed by atoms with E-state index < -0.39 is 6.03 Å². The number of fused-ring (bicyclic) bond motifs is 1. The number of aromatic nitrogens is 4. The molecule has 0 bridgehead atoms. The number of benzene rings is 1. The van der Waals surface area contributed by atoms with Crippen LogP contribution in [0.15, 0.2) is 40.9 Å². The van der Waals surface area contributed by atoms with Gasteiger partial charge in [0.25, 0.3) is 0 Å². The Kier molecular flexibility index (Phi) is 4.84. The van der Waals surface area contributed by atoms with Crippen molar-refractivity contribution >= 4 is 34.4 Å². The van der Waals surface area contributed by atoms with Crippen LogP contribution in [0.2, 0.25) is 0 Å².